The van der Waals surface area contributed by atoms with Crippen LogP contribution in [0.5, 0.6) is 0 Å². The van der Waals surface area contributed by atoms with Crippen LogP contribution in [-0.4, -0.2) is 11.1 Å². The van der Waals surface area contributed by atoms with Crippen LogP contribution in [0.3, 0.4) is 0 Å². The molecule has 2 atom stereocenters. The van der Waals surface area contributed by atoms with Crippen molar-refractivity contribution >= 4 is 0 Å². The van der Waals surface area contributed by atoms with Crippen molar-refractivity contribution in [1.29, 1.82) is 0 Å². The van der Waals surface area contributed by atoms with Gasteiger partial charge >= 0.3 is 0 Å². The van der Waals surface area contributed by atoms with Crippen molar-refractivity contribution in [2.45, 2.75) is 39.3 Å². The summed E-state index contributed by atoms with van der Waals surface area (Å²) in [5, 5.41) is 10.1. The van der Waals surface area contributed by atoms with Gasteiger partial charge in [-0.25, -0.2) is 0 Å². The molecular formula is C13H21NO. The molecule has 0 spiro atoms. The van der Waals surface area contributed by atoms with Crippen LogP contribution < -0.4 is 5.73 Å². The Kier molecular flexibility index (Phi) is 4.30. The number of aryl methyl sites for hydroxylation is 1. The molecule has 3 N–H and O–H groups in total. The minimum Gasteiger partial charge on any atom is -0.387 e. The van der Waals surface area contributed by atoms with Gasteiger partial charge in [-0.3, -0.25) is 0 Å². The van der Waals surface area contributed by atoms with E-state index in [9.17, 15) is 5.11 Å². The Morgan fingerprint density at radius 3 is 2.40 bits per heavy atom. The highest BCUT2D eigenvalue weighted by Gasteiger charge is 2.18. The van der Waals surface area contributed by atoms with Gasteiger partial charge in [0.25, 0.3) is 0 Å². The fourth-order valence-corrected chi connectivity index (χ4v) is 1.82. The lowest BCUT2D eigenvalue weighted by molar-refractivity contribution is 0.135. The molecule has 1 rings (SSSR count). The molecule has 1 aromatic carbocycles. The van der Waals surface area contributed by atoms with Crippen LogP contribution in [-0.2, 0) is 0 Å². The van der Waals surface area contributed by atoms with Gasteiger partial charge in [-0.2, -0.15) is 0 Å². The maximum Gasteiger partial charge on any atom is 0.0943 e. The Labute approximate surface area is 92.1 Å². The highest BCUT2D eigenvalue weighted by molar-refractivity contribution is 5.28. The van der Waals surface area contributed by atoms with E-state index in [2.05, 4.69) is 13.8 Å². The Morgan fingerprint density at radius 1 is 1.27 bits per heavy atom. The summed E-state index contributed by atoms with van der Waals surface area (Å²) in [6.07, 6.45) is 0.295. The Bertz CT molecular complexity index is 309. The minimum absolute atomic E-state index is 0.175. The molecule has 0 aliphatic rings. The van der Waals surface area contributed by atoms with Gasteiger partial charge < -0.3 is 10.8 Å². The molecule has 0 aliphatic heterocycles. The van der Waals surface area contributed by atoms with E-state index in [0.717, 1.165) is 17.5 Å². The summed E-state index contributed by atoms with van der Waals surface area (Å²) in [6.45, 7) is 6.23. The van der Waals surface area contributed by atoms with Gasteiger partial charge in [-0.15, -0.1) is 0 Å². The van der Waals surface area contributed by atoms with Gasteiger partial charge in [0.2, 0.25) is 0 Å². The van der Waals surface area contributed by atoms with Gasteiger partial charge in [-0.1, -0.05) is 38.1 Å². The monoisotopic (exact) mass is 207 g/mol. The van der Waals surface area contributed by atoms with E-state index in [-0.39, 0.29) is 6.04 Å². The maximum atomic E-state index is 10.1. The van der Waals surface area contributed by atoms with Crippen LogP contribution in [0.15, 0.2) is 24.3 Å². The first-order valence-electron chi connectivity index (χ1n) is 5.51. The maximum absolute atomic E-state index is 10.1. The summed E-state index contributed by atoms with van der Waals surface area (Å²) in [5.41, 5.74) is 8.02. The van der Waals surface area contributed by atoms with Crippen molar-refractivity contribution in [2.24, 2.45) is 11.7 Å². The molecular weight excluding hydrogens is 186 g/mol. The summed E-state index contributed by atoms with van der Waals surface area (Å²) < 4.78 is 0. The van der Waals surface area contributed by atoms with E-state index < -0.39 is 6.10 Å². The minimum atomic E-state index is -0.548. The summed E-state index contributed by atoms with van der Waals surface area (Å²) in [6, 6.07) is 7.68. The van der Waals surface area contributed by atoms with Gasteiger partial charge in [0.05, 0.1) is 6.10 Å². The number of hydrogen-bond acceptors (Lipinski definition) is 2. The van der Waals surface area contributed by atoms with Crippen LogP contribution in [0.25, 0.3) is 0 Å². The third kappa shape index (κ3) is 3.33. The lowest BCUT2D eigenvalue weighted by Crippen LogP contribution is -2.30. The molecule has 0 fully saturated rings. The molecule has 0 heterocycles. The second-order valence-corrected chi connectivity index (χ2v) is 4.59. The molecule has 0 radical (unpaired) electrons. The average molecular weight is 207 g/mol. The van der Waals surface area contributed by atoms with Crippen molar-refractivity contribution in [3.05, 3.63) is 35.4 Å². The molecule has 2 unspecified atom stereocenters. The van der Waals surface area contributed by atoms with Crippen LogP contribution in [0.4, 0.5) is 0 Å². The number of aliphatic hydroxyl groups is 1. The molecule has 15 heavy (non-hydrogen) atoms. The second kappa shape index (κ2) is 5.29. The van der Waals surface area contributed by atoms with Crippen molar-refractivity contribution in [3.8, 4) is 0 Å². The smallest absolute Gasteiger partial charge is 0.0943 e. The Balaban J connectivity index is 2.76. The van der Waals surface area contributed by atoms with Gasteiger partial charge in [-0.05, 0) is 30.4 Å². The normalized spacial score (nSPS) is 15.3. The molecule has 0 bridgehead atoms. The van der Waals surface area contributed by atoms with Crippen LogP contribution in [0.1, 0.15) is 37.5 Å². The zero-order valence-corrected chi connectivity index (χ0v) is 9.77. The molecule has 0 amide bonds. The standard InChI is InChI=1S/C13H21NO/c1-9(2)8-12(14)13(15)11-7-5-4-6-10(11)3/h4-7,9,12-13,15H,8,14H2,1-3H3. The molecule has 2 heteroatoms. The van der Waals surface area contributed by atoms with Gasteiger partial charge in [0, 0.05) is 6.04 Å². The van der Waals surface area contributed by atoms with E-state index in [1.54, 1.807) is 0 Å². The van der Waals surface area contributed by atoms with Crippen molar-refractivity contribution < 1.29 is 5.11 Å². The van der Waals surface area contributed by atoms with Gasteiger partial charge in [0.15, 0.2) is 0 Å². The van der Waals surface area contributed by atoms with E-state index >= 15 is 0 Å². The Morgan fingerprint density at radius 2 is 1.87 bits per heavy atom. The molecule has 0 aromatic heterocycles. The summed E-state index contributed by atoms with van der Waals surface area (Å²) >= 11 is 0. The highest BCUT2D eigenvalue weighted by atomic mass is 16.3. The molecule has 84 valence electrons. The molecule has 1 aromatic rings. The molecule has 0 aliphatic carbocycles. The van der Waals surface area contributed by atoms with E-state index in [1.165, 1.54) is 0 Å². The zero-order valence-electron chi connectivity index (χ0n) is 9.77. The number of rotatable bonds is 4. The largest absolute Gasteiger partial charge is 0.387 e. The molecule has 0 saturated carbocycles. The van der Waals surface area contributed by atoms with Crippen molar-refractivity contribution in [3.63, 3.8) is 0 Å². The second-order valence-electron chi connectivity index (χ2n) is 4.59. The van der Waals surface area contributed by atoms with Crippen LogP contribution in [0, 0.1) is 12.8 Å². The molecule has 0 saturated heterocycles. The predicted molar refractivity (Wildman–Crippen MR) is 63.6 cm³/mol. The van der Waals surface area contributed by atoms with Crippen LogP contribution >= 0.6 is 0 Å². The lowest BCUT2D eigenvalue weighted by atomic mass is 9.93. The fraction of sp³-hybridized carbons (Fsp3) is 0.538. The predicted octanol–water partition coefficient (Wildman–Crippen LogP) is 2.40. The highest BCUT2D eigenvalue weighted by Crippen LogP contribution is 2.22. The summed E-state index contributed by atoms with van der Waals surface area (Å²) in [5.74, 6) is 0.513. The number of benzene rings is 1. The summed E-state index contributed by atoms with van der Waals surface area (Å²) in [4.78, 5) is 0. The Hall–Kier alpha value is -0.860. The number of nitrogens with two attached hydrogens (primary N) is 1. The first kappa shape index (κ1) is 12.2. The fourth-order valence-electron chi connectivity index (χ4n) is 1.82. The van der Waals surface area contributed by atoms with E-state index in [1.807, 2.05) is 31.2 Å². The van der Waals surface area contributed by atoms with Crippen molar-refractivity contribution in [1.82, 2.24) is 0 Å². The third-order valence-electron chi connectivity index (χ3n) is 2.66. The average Bonchev–Trinajstić information content (AvgIpc) is 2.16. The van der Waals surface area contributed by atoms with Crippen LogP contribution in [0.2, 0.25) is 0 Å². The van der Waals surface area contributed by atoms with Gasteiger partial charge in [0.1, 0.15) is 0 Å². The first-order valence-corrected chi connectivity index (χ1v) is 5.51. The number of aliphatic hydroxyl groups excluding tert-OH is 1. The summed E-state index contributed by atoms with van der Waals surface area (Å²) in [7, 11) is 0. The van der Waals surface area contributed by atoms with Crippen molar-refractivity contribution in [2.75, 3.05) is 0 Å². The van der Waals surface area contributed by atoms with E-state index in [0.29, 0.717) is 5.92 Å². The quantitative estimate of drug-likeness (QED) is 0.796. The zero-order chi connectivity index (χ0) is 11.4. The molecule has 2 nitrogen and oxygen atoms in total. The first-order chi connectivity index (χ1) is 7.02. The lowest BCUT2D eigenvalue weighted by Gasteiger charge is -2.22. The topological polar surface area (TPSA) is 46.2 Å². The van der Waals surface area contributed by atoms with E-state index in [4.69, 9.17) is 5.73 Å². The SMILES string of the molecule is Cc1ccccc1C(O)C(N)CC(C)C. The third-order valence-corrected chi connectivity index (χ3v) is 2.66. The number of hydrogen-bond donors (Lipinski definition) is 2.